The summed E-state index contributed by atoms with van der Waals surface area (Å²) in [6.07, 6.45) is 3.48. The van der Waals surface area contributed by atoms with Crippen molar-refractivity contribution >= 4 is 50.5 Å². The van der Waals surface area contributed by atoms with E-state index in [2.05, 4.69) is 26.3 Å². The van der Waals surface area contributed by atoms with Crippen LogP contribution in [0.3, 0.4) is 0 Å². The molecule has 2 aromatic heterocycles. The van der Waals surface area contributed by atoms with Gasteiger partial charge in [0.25, 0.3) is 5.91 Å². The molecule has 0 fully saturated rings. The molecule has 1 aromatic carbocycles. The zero-order valence-corrected chi connectivity index (χ0v) is 13.7. The van der Waals surface area contributed by atoms with Gasteiger partial charge in [0.15, 0.2) is 0 Å². The first kappa shape index (κ1) is 14.3. The van der Waals surface area contributed by atoms with E-state index in [0.29, 0.717) is 15.6 Å². The van der Waals surface area contributed by atoms with Crippen molar-refractivity contribution in [3.63, 3.8) is 0 Å². The number of carbonyl (C=O) groups excluding carboxylic acids is 1. The smallest absolute Gasteiger partial charge is 0.265 e. The van der Waals surface area contributed by atoms with Gasteiger partial charge in [-0.25, -0.2) is 4.68 Å². The molecule has 7 heteroatoms. The van der Waals surface area contributed by atoms with Crippen LogP contribution in [0.1, 0.15) is 9.67 Å². The quantitative estimate of drug-likeness (QED) is 0.719. The summed E-state index contributed by atoms with van der Waals surface area (Å²) in [4.78, 5) is 12.9. The number of nitrogens with one attached hydrogen (secondary N) is 1. The fraction of sp³-hybridized carbons (Fsp3) is 0. The van der Waals surface area contributed by atoms with Crippen molar-refractivity contribution in [2.75, 3.05) is 5.32 Å². The van der Waals surface area contributed by atoms with Gasteiger partial charge in [0.2, 0.25) is 0 Å². The zero-order chi connectivity index (χ0) is 14.8. The van der Waals surface area contributed by atoms with E-state index in [0.717, 1.165) is 9.47 Å². The molecular weight excluding hydrogens is 374 g/mol. The molecule has 106 valence electrons. The first-order valence-electron chi connectivity index (χ1n) is 6.00. The highest BCUT2D eigenvalue weighted by atomic mass is 79.9. The molecule has 3 aromatic rings. The Morgan fingerprint density at radius 2 is 2.19 bits per heavy atom. The van der Waals surface area contributed by atoms with E-state index < -0.39 is 0 Å². The van der Waals surface area contributed by atoms with Crippen LogP contribution in [0.5, 0.6) is 0 Å². The van der Waals surface area contributed by atoms with Crippen molar-refractivity contribution in [2.24, 2.45) is 0 Å². The van der Waals surface area contributed by atoms with Gasteiger partial charge in [-0.1, -0.05) is 11.6 Å². The Kier molecular flexibility index (Phi) is 4.10. The molecule has 4 nitrogen and oxygen atoms in total. The van der Waals surface area contributed by atoms with E-state index in [-0.39, 0.29) is 5.91 Å². The molecule has 0 aliphatic rings. The van der Waals surface area contributed by atoms with Crippen LogP contribution in [0.4, 0.5) is 5.69 Å². The molecule has 0 atom stereocenters. The van der Waals surface area contributed by atoms with Crippen molar-refractivity contribution in [1.29, 1.82) is 0 Å². The number of thiophene rings is 1. The lowest BCUT2D eigenvalue weighted by Crippen LogP contribution is -2.12. The average Bonchev–Trinajstić information content (AvgIpc) is 3.10. The van der Waals surface area contributed by atoms with Crippen LogP contribution in [0.2, 0.25) is 5.02 Å². The first-order valence-corrected chi connectivity index (χ1v) is 7.98. The maximum Gasteiger partial charge on any atom is 0.265 e. The summed E-state index contributed by atoms with van der Waals surface area (Å²) in [7, 11) is 0. The molecule has 0 saturated heterocycles. The molecule has 21 heavy (non-hydrogen) atoms. The van der Waals surface area contributed by atoms with Crippen molar-refractivity contribution in [2.45, 2.75) is 0 Å². The molecule has 0 spiro atoms. The number of aromatic nitrogens is 2. The van der Waals surface area contributed by atoms with Crippen molar-refractivity contribution in [3.05, 3.63) is 62.5 Å². The normalized spacial score (nSPS) is 10.6. The Balaban J connectivity index is 1.94. The van der Waals surface area contributed by atoms with Crippen molar-refractivity contribution in [1.82, 2.24) is 9.78 Å². The summed E-state index contributed by atoms with van der Waals surface area (Å²) in [6.45, 7) is 0. The highest BCUT2D eigenvalue weighted by Gasteiger charge is 2.13. The summed E-state index contributed by atoms with van der Waals surface area (Å²) in [5.41, 5.74) is 1.37. The van der Waals surface area contributed by atoms with Crippen LogP contribution in [0.15, 0.2) is 52.6 Å². The predicted octanol–water partition coefficient (Wildman–Crippen LogP) is 4.60. The van der Waals surface area contributed by atoms with Crippen LogP contribution in [-0.2, 0) is 0 Å². The molecular formula is C14H9BrClN3OS. The molecule has 0 bridgehead atoms. The van der Waals surface area contributed by atoms with Gasteiger partial charge in [-0.2, -0.15) is 5.10 Å². The molecule has 0 radical (unpaired) electrons. The van der Waals surface area contributed by atoms with Gasteiger partial charge in [-0.15, -0.1) is 11.3 Å². The summed E-state index contributed by atoms with van der Waals surface area (Å²) in [5.74, 6) is -0.179. The zero-order valence-electron chi connectivity index (χ0n) is 10.6. The largest absolute Gasteiger partial charge is 0.319 e. The van der Waals surface area contributed by atoms with E-state index in [4.69, 9.17) is 11.6 Å². The number of halogens is 2. The summed E-state index contributed by atoms with van der Waals surface area (Å²) in [5, 5.41) is 7.60. The Morgan fingerprint density at radius 1 is 1.33 bits per heavy atom. The topological polar surface area (TPSA) is 46.9 Å². The van der Waals surface area contributed by atoms with Crippen LogP contribution < -0.4 is 5.32 Å². The minimum atomic E-state index is -0.179. The third-order valence-electron chi connectivity index (χ3n) is 2.76. The van der Waals surface area contributed by atoms with E-state index >= 15 is 0 Å². The average molecular weight is 383 g/mol. The third kappa shape index (κ3) is 3.18. The Labute approximate surface area is 138 Å². The molecule has 1 N–H and O–H groups in total. The van der Waals surface area contributed by atoms with E-state index in [1.807, 2.05) is 18.2 Å². The maximum absolute atomic E-state index is 12.3. The third-order valence-corrected chi connectivity index (χ3v) is 4.61. The standard InChI is InChI=1S/C14H9BrClN3OS/c15-13-5-4-12(21-13)14(20)18-10-8-9(16)2-3-11(10)19-7-1-6-17-19/h1-8H,(H,18,20). The minimum absolute atomic E-state index is 0.179. The second-order valence-corrected chi connectivity index (χ2v) is 7.07. The predicted molar refractivity (Wildman–Crippen MR) is 88.5 cm³/mol. The molecule has 0 unspecified atom stereocenters. The fourth-order valence-electron chi connectivity index (χ4n) is 1.84. The number of benzene rings is 1. The van der Waals surface area contributed by atoms with Gasteiger partial charge in [0.1, 0.15) is 0 Å². The van der Waals surface area contributed by atoms with Crippen LogP contribution in [0.25, 0.3) is 5.69 Å². The number of amides is 1. The monoisotopic (exact) mass is 381 g/mol. The molecule has 3 rings (SSSR count). The van der Waals surface area contributed by atoms with E-state index in [1.54, 1.807) is 35.3 Å². The molecule has 2 heterocycles. The lowest BCUT2D eigenvalue weighted by Gasteiger charge is -2.11. The highest BCUT2D eigenvalue weighted by Crippen LogP contribution is 2.27. The minimum Gasteiger partial charge on any atom is -0.319 e. The lowest BCUT2D eigenvalue weighted by molar-refractivity contribution is 0.103. The number of carbonyl (C=O) groups is 1. The number of hydrogen-bond donors (Lipinski definition) is 1. The Morgan fingerprint density at radius 3 is 2.86 bits per heavy atom. The van der Waals surface area contributed by atoms with Gasteiger partial charge in [-0.05, 0) is 52.3 Å². The molecule has 0 aliphatic carbocycles. The van der Waals surface area contributed by atoms with Crippen LogP contribution in [0, 0.1) is 0 Å². The summed E-state index contributed by atoms with van der Waals surface area (Å²) < 4.78 is 2.59. The molecule has 0 aliphatic heterocycles. The lowest BCUT2D eigenvalue weighted by atomic mass is 10.2. The van der Waals surface area contributed by atoms with Crippen molar-refractivity contribution < 1.29 is 4.79 Å². The summed E-state index contributed by atoms with van der Waals surface area (Å²) in [6, 6.07) is 10.7. The van der Waals surface area contributed by atoms with Gasteiger partial charge >= 0.3 is 0 Å². The summed E-state index contributed by atoms with van der Waals surface area (Å²) >= 11 is 10.7. The van der Waals surface area contributed by atoms with Gasteiger partial charge in [0, 0.05) is 17.4 Å². The number of hydrogen-bond acceptors (Lipinski definition) is 3. The van der Waals surface area contributed by atoms with Crippen LogP contribution in [-0.4, -0.2) is 15.7 Å². The number of rotatable bonds is 3. The SMILES string of the molecule is O=C(Nc1cc(Cl)ccc1-n1cccn1)c1ccc(Br)s1. The molecule has 0 saturated carbocycles. The number of nitrogens with zero attached hydrogens (tertiary/aromatic N) is 2. The van der Waals surface area contributed by atoms with Gasteiger partial charge in [0.05, 0.1) is 20.0 Å². The maximum atomic E-state index is 12.3. The van der Waals surface area contributed by atoms with E-state index in [1.165, 1.54) is 11.3 Å². The fourth-order valence-corrected chi connectivity index (χ4v) is 3.29. The molecule has 1 amide bonds. The van der Waals surface area contributed by atoms with Gasteiger partial charge < -0.3 is 5.32 Å². The van der Waals surface area contributed by atoms with Crippen molar-refractivity contribution in [3.8, 4) is 5.69 Å². The Hall–Kier alpha value is -1.63. The second kappa shape index (κ2) is 6.01. The van der Waals surface area contributed by atoms with Gasteiger partial charge in [-0.3, -0.25) is 4.79 Å². The van der Waals surface area contributed by atoms with Crippen LogP contribution >= 0.6 is 38.9 Å². The van der Waals surface area contributed by atoms with E-state index in [9.17, 15) is 4.79 Å². The number of anilines is 1. The second-order valence-electron chi connectivity index (χ2n) is 4.17. The highest BCUT2D eigenvalue weighted by molar-refractivity contribution is 9.11. The first-order chi connectivity index (χ1) is 10.1. The Bertz CT molecular complexity index is 785.